The number of nitrogens with zero attached hydrogens (tertiary/aromatic N) is 3. The van der Waals surface area contributed by atoms with E-state index in [4.69, 9.17) is 0 Å². The van der Waals surface area contributed by atoms with Gasteiger partial charge in [-0.15, -0.1) is 0 Å². The van der Waals surface area contributed by atoms with Gasteiger partial charge in [-0.3, -0.25) is 4.98 Å². The molecule has 1 saturated carbocycles. The maximum atomic E-state index is 4.63. The minimum atomic E-state index is 0.450. The minimum absolute atomic E-state index is 0.450. The fourth-order valence-electron chi connectivity index (χ4n) is 2.09. The SMILES string of the molecule is CC(C)c1ccn(-c2cnccc2CNC2CC2)n1. The van der Waals surface area contributed by atoms with Crippen LogP contribution >= 0.6 is 0 Å². The molecular weight excluding hydrogens is 236 g/mol. The van der Waals surface area contributed by atoms with Gasteiger partial charge in [-0.2, -0.15) is 5.10 Å². The van der Waals surface area contributed by atoms with Crippen molar-refractivity contribution in [3.8, 4) is 5.69 Å². The summed E-state index contributed by atoms with van der Waals surface area (Å²) in [5.41, 5.74) is 3.44. The Kier molecular flexibility index (Phi) is 3.34. The van der Waals surface area contributed by atoms with Crippen molar-refractivity contribution in [3.05, 3.63) is 42.0 Å². The zero-order valence-corrected chi connectivity index (χ0v) is 11.5. The van der Waals surface area contributed by atoms with Crippen LogP contribution in [0.25, 0.3) is 5.69 Å². The van der Waals surface area contributed by atoms with Gasteiger partial charge in [-0.1, -0.05) is 13.8 Å². The van der Waals surface area contributed by atoms with Gasteiger partial charge >= 0.3 is 0 Å². The lowest BCUT2D eigenvalue weighted by Crippen LogP contribution is -2.17. The van der Waals surface area contributed by atoms with E-state index >= 15 is 0 Å². The average molecular weight is 256 g/mol. The molecule has 3 rings (SSSR count). The summed E-state index contributed by atoms with van der Waals surface area (Å²) in [4.78, 5) is 4.23. The fourth-order valence-corrected chi connectivity index (χ4v) is 2.09. The Morgan fingerprint density at radius 3 is 2.89 bits per heavy atom. The molecule has 1 aliphatic rings. The van der Waals surface area contributed by atoms with Crippen LogP contribution in [0.5, 0.6) is 0 Å². The molecule has 0 saturated heterocycles. The number of hydrogen-bond acceptors (Lipinski definition) is 3. The molecule has 0 atom stereocenters. The van der Waals surface area contributed by atoms with Crippen LogP contribution in [-0.2, 0) is 6.54 Å². The van der Waals surface area contributed by atoms with Crippen molar-refractivity contribution in [2.24, 2.45) is 0 Å². The first-order valence-electron chi connectivity index (χ1n) is 6.96. The Morgan fingerprint density at radius 2 is 2.21 bits per heavy atom. The standard InChI is InChI=1S/C15H20N4/c1-11(2)14-6-8-19(18-14)15-10-16-7-5-12(15)9-17-13-3-4-13/h5-8,10-11,13,17H,3-4,9H2,1-2H3. The molecule has 100 valence electrons. The van der Waals surface area contributed by atoms with Crippen molar-refractivity contribution in [2.75, 3.05) is 0 Å². The predicted octanol–water partition coefficient (Wildman–Crippen LogP) is 2.64. The zero-order valence-electron chi connectivity index (χ0n) is 11.5. The quantitative estimate of drug-likeness (QED) is 0.894. The van der Waals surface area contributed by atoms with Crippen LogP contribution in [0.2, 0.25) is 0 Å². The Hall–Kier alpha value is -1.68. The molecule has 0 amide bonds. The lowest BCUT2D eigenvalue weighted by molar-refractivity contribution is 0.677. The second-order valence-corrected chi connectivity index (χ2v) is 5.50. The number of aromatic nitrogens is 3. The van der Waals surface area contributed by atoms with E-state index in [1.165, 1.54) is 18.4 Å². The second kappa shape index (κ2) is 5.13. The van der Waals surface area contributed by atoms with Gasteiger partial charge < -0.3 is 5.32 Å². The Labute approximate surface area is 113 Å². The second-order valence-electron chi connectivity index (χ2n) is 5.50. The van der Waals surface area contributed by atoms with Crippen molar-refractivity contribution < 1.29 is 0 Å². The third-order valence-corrected chi connectivity index (χ3v) is 3.49. The fraction of sp³-hybridized carbons (Fsp3) is 0.467. The van der Waals surface area contributed by atoms with Crippen molar-refractivity contribution in [2.45, 2.75) is 45.2 Å². The highest BCUT2D eigenvalue weighted by Gasteiger charge is 2.20. The van der Waals surface area contributed by atoms with Gasteiger partial charge in [0.05, 0.1) is 17.6 Å². The summed E-state index contributed by atoms with van der Waals surface area (Å²) < 4.78 is 1.94. The first kappa shape index (κ1) is 12.4. The lowest BCUT2D eigenvalue weighted by atomic mass is 10.1. The molecule has 0 radical (unpaired) electrons. The van der Waals surface area contributed by atoms with E-state index in [0.717, 1.165) is 17.9 Å². The summed E-state index contributed by atoms with van der Waals surface area (Å²) >= 11 is 0. The van der Waals surface area contributed by atoms with Gasteiger partial charge in [0, 0.05) is 25.0 Å². The molecule has 1 aliphatic carbocycles. The lowest BCUT2D eigenvalue weighted by Gasteiger charge is -2.09. The first-order chi connectivity index (χ1) is 9.24. The van der Waals surface area contributed by atoms with Crippen LogP contribution in [0.1, 0.15) is 43.9 Å². The van der Waals surface area contributed by atoms with Crippen LogP contribution in [0.4, 0.5) is 0 Å². The maximum Gasteiger partial charge on any atom is 0.0873 e. The van der Waals surface area contributed by atoms with Crippen molar-refractivity contribution >= 4 is 0 Å². The van der Waals surface area contributed by atoms with Gasteiger partial charge in [0.25, 0.3) is 0 Å². The van der Waals surface area contributed by atoms with Crippen molar-refractivity contribution in [3.63, 3.8) is 0 Å². The van der Waals surface area contributed by atoms with Gasteiger partial charge in [0.15, 0.2) is 0 Å². The van der Waals surface area contributed by atoms with Gasteiger partial charge in [-0.05, 0) is 36.5 Å². The Balaban J connectivity index is 1.84. The van der Waals surface area contributed by atoms with Gasteiger partial charge in [-0.25, -0.2) is 4.68 Å². The number of nitrogens with one attached hydrogen (secondary N) is 1. The predicted molar refractivity (Wildman–Crippen MR) is 75.3 cm³/mol. The van der Waals surface area contributed by atoms with Crippen molar-refractivity contribution in [1.29, 1.82) is 0 Å². The third kappa shape index (κ3) is 2.84. The van der Waals surface area contributed by atoms with E-state index in [-0.39, 0.29) is 0 Å². The van der Waals surface area contributed by atoms with Gasteiger partial charge in [0.2, 0.25) is 0 Å². The summed E-state index contributed by atoms with van der Waals surface area (Å²) in [6.45, 7) is 5.20. The highest BCUT2D eigenvalue weighted by atomic mass is 15.3. The minimum Gasteiger partial charge on any atom is -0.310 e. The molecule has 2 aromatic rings. The first-order valence-corrected chi connectivity index (χ1v) is 6.96. The summed E-state index contributed by atoms with van der Waals surface area (Å²) in [6, 6.07) is 4.86. The van der Waals surface area contributed by atoms with Crippen LogP contribution in [-0.4, -0.2) is 20.8 Å². The summed E-state index contributed by atoms with van der Waals surface area (Å²) in [5.74, 6) is 0.450. The molecule has 0 unspecified atom stereocenters. The maximum absolute atomic E-state index is 4.63. The average Bonchev–Trinajstić information content (AvgIpc) is 3.11. The molecule has 1 fully saturated rings. The molecule has 19 heavy (non-hydrogen) atoms. The smallest absolute Gasteiger partial charge is 0.0873 e. The van der Waals surface area contributed by atoms with Crippen LogP contribution in [0.3, 0.4) is 0 Å². The number of hydrogen-bond donors (Lipinski definition) is 1. The highest BCUT2D eigenvalue weighted by Crippen LogP contribution is 2.21. The van der Waals surface area contributed by atoms with Crippen LogP contribution in [0, 0.1) is 0 Å². The molecule has 2 heterocycles. The summed E-state index contributed by atoms with van der Waals surface area (Å²) in [5, 5.41) is 8.18. The van der Waals surface area contributed by atoms with E-state index < -0.39 is 0 Å². The van der Waals surface area contributed by atoms with Crippen LogP contribution in [0.15, 0.2) is 30.7 Å². The highest BCUT2D eigenvalue weighted by molar-refractivity contribution is 5.37. The zero-order chi connectivity index (χ0) is 13.2. The number of rotatable bonds is 5. The van der Waals surface area contributed by atoms with Crippen LogP contribution < -0.4 is 5.32 Å². The number of pyridine rings is 1. The van der Waals surface area contributed by atoms with E-state index in [1.54, 1.807) is 0 Å². The summed E-state index contributed by atoms with van der Waals surface area (Å²) in [7, 11) is 0. The molecule has 0 aliphatic heterocycles. The molecule has 0 aromatic carbocycles. The largest absolute Gasteiger partial charge is 0.310 e. The molecule has 0 spiro atoms. The topological polar surface area (TPSA) is 42.7 Å². The summed E-state index contributed by atoms with van der Waals surface area (Å²) in [6.07, 6.45) is 8.37. The molecule has 4 nitrogen and oxygen atoms in total. The normalized spacial score (nSPS) is 15.1. The van der Waals surface area contributed by atoms with Crippen molar-refractivity contribution in [1.82, 2.24) is 20.1 Å². The van der Waals surface area contributed by atoms with E-state index in [2.05, 4.69) is 41.4 Å². The van der Waals surface area contributed by atoms with E-state index in [9.17, 15) is 0 Å². The van der Waals surface area contributed by atoms with E-state index in [1.807, 2.05) is 23.3 Å². The molecular formula is C15H20N4. The Morgan fingerprint density at radius 1 is 1.37 bits per heavy atom. The van der Waals surface area contributed by atoms with E-state index in [0.29, 0.717) is 12.0 Å². The molecule has 0 bridgehead atoms. The third-order valence-electron chi connectivity index (χ3n) is 3.49. The molecule has 2 aromatic heterocycles. The molecule has 1 N–H and O–H groups in total. The molecule has 4 heteroatoms. The monoisotopic (exact) mass is 256 g/mol. The van der Waals surface area contributed by atoms with Gasteiger partial charge in [0.1, 0.15) is 0 Å². The Bertz CT molecular complexity index is 555.